The van der Waals surface area contributed by atoms with Gasteiger partial charge in [-0.05, 0) is 5.56 Å². The fourth-order valence-corrected chi connectivity index (χ4v) is 10.4. The zero-order valence-electron chi connectivity index (χ0n) is 22.9. The monoisotopic (exact) mass is 552 g/mol. The zero-order valence-corrected chi connectivity index (χ0v) is 23.9. The van der Waals surface area contributed by atoms with Crippen LogP contribution in [0.3, 0.4) is 0 Å². The predicted octanol–water partition coefficient (Wildman–Crippen LogP) is 6.78. The maximum atomic E-state index is 9.23. The topological polar surface area (TPSA) is 29.5 Å². The molecule has 0 fully saturated rings. The number of hydrogen-bond donors (Lipinski definition) is 1. The normalized spacial score (nSPS) is 11.6. The molecule has 6 aromatic carbocycles. The smallest absolute Gasteiger partial charge is 0.0531 e. The van der Waals surface area contributed by atoms with E-state index in [-0.39, 0.29) is 6.61 Å². The Morgan fingerprint density at radius 3 is 1.24 bits per heavy atom. The van der Waals surface area contributed by atoms with Gasteiger partial charge in [-0.25, -0.2) is 0 Å². The Morgan fingerprint density at radius 1 is 0.415 bits per heavy atom. The fourth-order valence-electron chi connectivity index (χ4n) is 5.63. The van der Waals surface area contributed by atoms with Gasteiger partial charge < -0.3 is 5.11 Å². The Hall–Kier alpha value is -4.49. The second-order valence-electron chi connectivity index (χ2n) is 10.2. The van der Waals surface area contributed by atoms with E-state index in [0.29, 0.717) is 6.61 Å². The molecule has 6 aromatic rings. The average Bonchev–Trinajstić information content (AvgIpc) is 3.06. The van der Waals surface area contributed by atoms with Gasteiger partial charge in [-0.2, -0.15) is 0 Å². The van der Waals surface area contributed by atoms with Gasteiger partial charge in [0.15, 0.2) is 0 Å². The van der Waals surface area contributed by atoms with Gasteiger partial charge in [0.2, 0.25) is 0 Å². The van der Waals surface area contributed by atoms with Crippen LogP contribution in [0.25, 0.3) is 11.1 Å². The summed E-state index contributed by atoms with van der Waals surface area (Å²) >= 11 is 0. The van der Waals surface area contributed by atoms with Crippen molar-refractivity contribution in [1.82, 2.24) is 0 Å². The van der Waals surface area contributed by atoms with Crippen molar-refractivity contribution in [3.05, 3.63) is 175 Å². The van der Waals surface area contributed by atoms with Crippen molar-refractivity contribution in [2.45, 2.75) is 13.2 Å². The minimum absolute atomic E-state index is 0.0384. The van der Waals surface area contributed by atoms with Crippen LogP contribution in [-0.4, -0.2) is 5.11 Å². The van der Waals surface area contributed by atoms with Crippen molar-refractivity contribution in [3.8, 4) is 16.9 Å². The first-order chi connectivity index (χ1) is 20.3. The summed E-state index contributed by atoms with van der Waals surface area (Å²) in [6.45, 7) is 0.535. The van der Waals surface area contributed by atoms with Crippen molar-refractivity contribution in [3.63, 3.8) is 0 Å². The van der Waals surface area contributed by atoms with Gasteiger partial charge in [0.25, 0.3) is 0 Å². The second-order valence-corrected chi connectivity index (χ2v) is 14.0. The number of aliphatic hydroxyl groups excluding tert-OH is 1. The molecule has 41 heavy (non-hydrogen) atoms. The first-order valence-electron chi connectivity index (χ1n) is 14.0. The van der Waals surface area contributed by atoms with Gasteiger partial charge in [-0.3, -0.25) is 0 Å². The molecule has 0 amide bonds. The number of hydrogen-bond acceptors (Lipinski definition) is 2. The molecule has 0 aliphatic carbocycles. The van der Waals surface area contributed by atoms with E-state index in [4.69, 9.17) is 4.74 Å². The Balaban J connectivity index is 1.32. The SMILES string of the molecule is OCc1ccc(OCc2ccc(-c3ccc([PH](c4ccccc4)(c4ccccc4)c4ccccc4)cc3)cc2)cc1. The van der Waals surface area contributed by atoms with Crippen molar-refractivity contribution >= 4 is 28.5 Å². The number of aliphatic hydroxyl groups is 1. The molecule has 2 nitrogen and oxygen atoms in total. The van der Waals surface area contributed by atoms with Gasteiger partial charge >= 0.3 is 214 Å². The van der Waals surface area contributed by atoms with Gasteiger partial charge in [0.05, 0.1) is 6.61 Å². The zero-order chi connectivity index (χ0) is 27.9. The summed E-state index contributed by atoms with van der Waals surface area (Å²) in [5.74, 6) is 0.796. The van der Waals surface area contributed by atoms with Gasteiger partial charge in [-0.1, -0.05) is 12.1 Å². The molecule has 6 rings (SSSR count). The number of benzene rings is 6. The second kappa shape index (κ2) is 12.4. The molecular weight excluding hydrogens is 519 g/mol. The minimum Gasteiger partial charge on any atom is -0.0531 e. The minimum atomic E-state index is -2.51. The number of ether oxygens (including phenoxy) is 1. The van der Waals surface area contributed by atoms with E-state index in [0.717, 1.165) is 16.9 Å². The van der Waals surface area contributed by atoms with Crippen LogP contribution in [0, 0.1) is 0 Å². The van der Waals surface area contributed by atoms with Crippen molar-refractivity contribution < 1.29 is 9.84 Å². The Morgan fingerprint density at radius 2 is 0.805 bits per heavy atom. The van der Waals surface area contributed by atoms with E-state index < -0.39 is 7.26 Å². The molecule has 202 valence electrons. The molecule has 3 heteroatoms. The standard InChI is InChI=1S/C38H33O2P/c39-28-30-18-24-34(25-19-30)40-29-31-16-20-32(21-17-31)33-22-26-38(27-23-33)41(35-10-4-1-5-11-35,36-12-6-2-7-13-36)37-14-8-3-9-15-37/h1-27,39,41H,28-29H2. The van der Waals surface area contributed by atoms with Crippen LogP contribution in [0.15, 0.2) is 164 Å². The summed E-state index contributed by atoms with van der Waals surface area (Å²) in [6.07, 6.45) is 0. The average molecular weight is 553 g/mol. The fraction of sp³-hybridized carbons (Fsp3) is 0.0526. The Labute approximate surface area is 242 Å². The van der Waals surface area contributed by atoms with Crippen LogP contribution >= 0.6 is 7.26 Å². The first-order valence-corrected chi connectivity index (χ1v) is 16.0. The quantitative estimate of drug-likeness (QED) is 0.201. The molecule has 0 saturated heterocycles. The molecule has 0 radical (unpaired) electrons. The molecule has 0 heterocycles. The first kappa shape index (κ1) is 26.7. The summed E-state index contributed by atoms with van der Waals surface area (Å²) in [7, 11) is -2.51. The van der Waals surface area contributed by atoms with Crippen molar-refractivity contribution in [1.29, 1.82) is 0 Å². The molecule has 0 aliphatic rings. The van der Waals surface area contributed by atoms with E-state index in [9.17, 15) is 5.11 Å². The van der Waals surface area contributed by atoms with Crippen LogP contribution in [0.5, 0.6) is 5.75 Å². The Bertz CT molecular complexity index is 1570. The van der Waals surface area contributed by atoms with Gasteiger partial charge in [0.1, 0.15) is 0 Å². The molecule has 0 aromatic heterocycles. The van der Waals surface area contributed by atoms with E-state index in [1.807, 2.05) is 24.3 Å². The maximum absolute atomic E-state index is 9.23. The summed E-state index contributed by atoms with van der Waals surface area (Å²) in [5.41, 5.74) is 4.36. The van der Waals surface area contributed by atoms with E-state index in [1.165, 1.54) is 32.3 Å². The number of rotatable bonds is 9. The predicted molar refractivity (Wildman–Crippen MR) is 175 cm³/mol. The molecule has 0 saturated carbocycles. The third-order valence-electron chi connectivity index (χ3n) is 7.74. The van der Waals surface area contributed by atoms with Gasteiger partial charge in [0, 0.05) is 0 Å². The summed E-state index contributed by atoms with van der Waals surface area (Å²) in [5, 5.41) is 14.7. The van der Waals surface area contributed by atoms with Crippen molar-refractivity contribution in [2.24, 2.45) is 0 Å². The summed E-state index contributed by atoms with van der Waals surface area (Å²) in [4.78, 5) is 0. The van der Waals surface area contributed by atoms with Crippen LogP contribution in [-0.2, 0) is 13.2 Å². The molecule has 0 spiro atoms. The summed E-state index contributed by atoms with van der Waals surface area (Å²) < 4.78 is 5.94. The van der Waals surface area contributed by atoms with Crippen LogP contribution in [0.1, 0.15) is 11.1 Å². The van der Waals surface area contributed by atoms with E-state index in [2.05, 4.69) is 140 Å². The molecule has 0 unspecified atom stereocenters. The van der Waals surface area contributed by atoms with Crippen molar-refractivity contribution in [2.75, 3.05) is 0 Å². The van der Waals surface area contributed by atoms with E-state index >= 15 is 0 Å². The Kier molecular flexibility index (Phi) is 8.05. The molecular formula is C38H33O2P. The molecule has 0 bridgehead atoms. The molecule has 1 N–H and O–H groups in total. The third-order valence-corrected chi connectivity index (χ3v) is 12.5. The van der Waals surface area contributed by atoms with Crippen LogP contribution in [0.2, 0.25) is 0 Å². The van der Waals surface area contributed by atoms with Crippen LogP contribution < -0.4 is 26.0 Å². The van der Waals surface area contributed by atoms with Gasteiger partial charge in [-0.15, -0.1) is 0 Å². The summed E-state index contributed by atoms with van der Waals surface area (Å²) in [6, 6.07) is 58.4. The third kappa shape index (κ3) is 5.58. The van der Waals surface area contributed by atoms with E-state index in [1.54, 1.807) is 0 Å². The molecule has 0 aliphatic heterocycles. The molecule has 0 atom stereocenters. The van der Waals surface area contributed by atoms with Crippen LogP contribution in [0.4, 0.5) is 0 Å².